The molecule has 1 aromatic carbocycles. The van der Waals surface area contributed by atoms with Crippen molar-refractivity contribution in [2.24, 2.45) is 0 Å². The maximum atomic E-state index is 12.4. The first-order chi connectivity index (χ1) is 9.38. The Kier molecular flexibility index (Phi) is 4.25. The smallest absolute Gasteiger partial charge is 0.346 e. The van der Waals surface area contributed by atoms with Crippen LogP contribution in [0, 0.1) is 0 Å². The second kappa shape index (κ2) is 5.76. The van der Waals surface area contributed by atoms with Crippen molar-refractivity contribution in [2.45, 2.75) is 6.18 Å². The Morgan fingerprint density at radius 3 is 2.35 bits per heavy atom. The molecule has 0 bridgehead atoms. The third kappa shape index (κ3) is 3.46. The van der Waals surface area contributed by atoms with Crippen molar-refractivity contribution in [3.05, 3.63) is 58.9 Å². The summed E-state index contributed by atoms with van der Waals surface area (Å²) in [5.41, 5.74) is 0.309. The maximum absolute atomic E-state index is 12.4. The molecule has 7 heteroatoms. The molecule has 0 aliphatic rings. The van der Waals surface area contributed by atoms with Crippen LogP contribution in [0.3, 0.4) is 0 Å². The van der Waals surface area contributed by atoms with E-state index in [1.165, 1.54) is 24.5 Å². The predicted octanol–water partition coefficient (Wildman–Crippen LogP) is 4.54. The number of hydrogen-bond acceptors (Lipinski definition) is 2. The Morgan fingerprint density at radius 2 is 1.80 bits per heavy atom. The van der Waals surface area contributed by atoms with Gasteiger partial charge >= 0.3 is 6.18 Å². The summed E-state index contributed by atoms with van der Waals surface area (Å²) in [7, 11) is 0. The van der Waals surface area contributed by atoms with E-state index in [4.69, 9.17) is 23.8 Å². The van der Waals surface area contributed by atoms with Gasteiger partial charge in [-0.05, 0) is 30.3 Å². The largest absolute Gasteiger partial charge is 0.416 e. The topological polar surface area (TPSA) is 24.9 Å². The Balaban J connectivity index is 2.15. The van der Waals surface area contributed by atoms with Crippen LogP contribution >= 0.6 is 23.8 Å². The first kappa shape index (κ1) is 14.7. The molecular weight excluding hydrogens is 309 g/mol. The van der Waals surface area contributed by atoms with Crippen LogP contribution in [0.4, 0.5) is 18.9 Å². The Morgan fingerprint density at radius 1 is 1.15 bits per heavy atom. The minimum absolute atomic E-state index is 0.317. The molecule has 2 aromatic rings. The molecule has 20 heavy (non-hydrogen) atoms. The van der Waals surface area contributed by atoms with Gasteiger partial charge in [0.15, 0.2) is 0 Å². The van der Waals surface area contributed by atoms with E-state index in [-0.39, 0.29) is 0 Å². The van der Waals surface area contributed by atoms with Crippen LogP contribution in [0.5, 0.6) is 0 Å². The summed E-state index contributed by atoms with van der Waals surface area (Å²) in [4.78, 5) is 4.15. The molecular formula is C13H8ClF3N2S. The molecule has 0 saturated carbocycles. The zero-order valence-corrected chi connectivity index (χ0v) is 11.5. The molecule has 1 heterocycles. The Labute approximate surface area is 123 Å². The van der Waals surface area contributed by atoms with Crippen molar-refractivity contribution < 1.29 is 13.2 Å². The number of alkyl halides is 3. The van der Waals surface area contributed by atoms with Gasteiger partial charge in [0.1, 0.15) is 4.99 Å². The second-order valence-corrected chi connectivity index (χ2v) is 4.70. The number of benzene rings is 1. The standard InChI is InChI=1S/C13H8ClF3N2S/c14-11-7-18-6-5-10(11)12(20)19-9-3-1-8(2-4-9)13(15,16)17/h1-7H,(H,19,20). The van der Waals surface area contributed by atoms with Crippen LogP contribution in [0.25, 0.3) is 0 Å². The van der Waals surface area contributed by atoms with Gasteiger partial charge in [0.25, 0.3) is 0 Å². The highest BCUT2D eigenvalue weighted by atomic mass is 35.5. The normalized spacial score (nSPS) is 11.2. The third-order valence-corrected chi connectivity index (χ3v) is 3.11. The molecule has 0 aliphatic carbocycles. The van der Waals surface area contributed by atoms with Crippen LogP contribution in [0.2, 0.25) is 5.02 Å². The van der Waals surface area contributed by atoms with E-state index in [9.17, 15) is 13.2 Å². The zero-order valence-electron chi connectivity index (χ0n) is 9.91. The summed E-state index contributed by atoms with van der Waals surface area (Å²) < 4.78 is 37.3. The Bertz CT molecular complexity index is 626. The van der Waals surface area contributed by atoms with E-state index in [2.05, 4.69) is 10.3 Å². The number of thiocarbonyl (C=S) groups is 1. The fourth-order valence-corrected chi connectivity index (χ4v) is 2.07. The molecule has 0 saturated heterocycles. The molecule has 1 N–H and O–H groups in total. The number of nitrogens with zero attached hydrogens (tertiary/aromatic N) is 1. The molecule has 2 rings (SSSR count). The first-order valence-electron chi connectivity index (χ1n) is 5.46. The average molecular weight is 317 g/mol. The van der Waals surface area contributed by atoms with Crippen molar-refractivity contribution in [2.75, 3.05) is 5.32 Å². The van der Waals surface area contributed by atoms with Crippen molar-refractivity contribution in [3.8, 4) is 0 Å². The molecule has 104 valence electrons. The fourth-order valence-electron chi connectivity index (χ4n) is 1.50. The molecule has 0 unspecified atom stereocenters. The third-order valence-electron chi connectivity index (χ3n) is 2.49. The summed E-state index contributed by atoms with van der Waals surface area (Å²) in [5, 5.41) is 3.20. The van der Waals surface area contributed by atoms with Gasteiger partial charge in [-0.25, -0.2) is 0 Å². The van der Waals surface area contributed by atoms with Crippen LogP contribution in [-0.2, 0) is 6.18 Å². The highest BCUT2D eigenvalue weighted by Crippen LogP contribution is 2.30. The van der Waals surface area contributed by atoms with Gasteiger partial charge < -0.3 is 5.32 Å². The van der Waals surface area contributed by atoms with E-state index in [1.54, 1.807) is 6.07 Å². The second-order valence-electron chi connectivity index (χ2n) is 3.88. The lowest BCUT2D eigenvalue weighted by molar-refractivity contribution is -0.137. The highest BCUT2D eigenvalue weighted by molar-refractivity contribution is 7.81. The molecule has 0 amide bonds. The number of pyridine rings is 1. The van der Waals surface area contributed by atoms with Gasteiger partial charge in [-0.3, -0.25) is 4.98 Å². The van der Waals surface area contributed by atoms with Crippen molar-refractivity contribution in [1.29, 1.82) is 0 Å². The number of hydrogen-bond donors (Lipinski definition) is 1. The monoisotopic (exact) mass is 316 g/mol. The molecule has 2 nitrogen and oxygen atoms in total. The SMILES string of the molecule is FC(F)(F)c1ccc(NC(=S)c2ccncc2Cl)cc1. The zero-order chi connectivity index (χ0) is 14.8. The van der Waals surface area contributed by atoms with Gasteiger partial charge in [-0.2, -0.15) is 13.2 Å². The van der Waals surface area contributed by atoms with Crippen LogP contribution in [0.1, 0.15) is 11.1 Å². The molecule has 0 spiro atoms. The average Bonchev–Trinajstić information content (AvgIpc) is 2.38. The van der Waals surface area contributed by atoms with E-state index in [0.717, 1.165) is 12.1 Å². The summed E-state index contributed by atoms with van der Waals surface area (Å²) in [6.45, 7) is 0. The van der Waals surface area contributed by atoms with Crippen molar-refractivity contribution >= 4 is 34.5 Å². The number of nitrogens with one attached hydrogen (secondary N) is 1. The lowest BCUT2D eigenvalue weighted by Crippen LogP contribution is -2.11. The molecule has 0 atom stereocenters. The summed E-state index contributed by atoms with van der Waals surface area (Å²) >= 11 is 11.1. The minimum atomic E-state index is -4.35. The van der Waals surface area contributed by atoms with Crippen LogP contribution < -0.4 is 5.32 Å². The lowest BCUT2D eigenvalue weighted by atomic mass is 10.2. The van der Waals surface area contributed by atoms with Crippen molar-refractivity contribution in [3.63, 3.8) is 0 Å². The van der Waals surface area contributed by atoms with Gasteiger partial charge in [0.05, 0.1) is 10.6 Å². The highest BCUT2D eigenvalue weighted by Gasteiger charge is 2.29. The fraction of sp³-hybridized carbons (Fsp3) is 0.0769. The molecule has 0 fully saturated rings. The quantitative estimate of drug-likeness (QED) is 0.823. The Hall–Kier alpha value is -1.66. The van der Waals surface area contributed by atoms with Crippen LogP contribution in [-0.4, -0.2) is 9.97 Å². The van der Waals surface area contributed by atoms with Crippen molar-refractivity contribution in [1.82, 2.24) is 4.98 Å². The summed E-state index contributed by atoms with van der Waals surface area (Å²) in [6, 6.07) is 6.22. The molecule has 0 radical (unpaired) electrons. The van der Waals surface area contributed by atoms with E-state index >= 15 is 0 Å². The van der Waals surface area contributed by atoms with Gasteiger partial charge in [0, 0.05) is 23.6 Å². The van der Waals surface area contributed by atoms with Crippen LogP contribution in [0.15, 0.2) is 42.7 Å². The van der Waals surface area contributed by atoms with Gasteiger partial charge in [-0.15, -0.1) is 0 Å². The number of rotatable bonds is 2. The minimum Gasteiger partial charge on any atom is -0.346 e. The summed E-state index contributed by atoms with van der Waals surface area (Å²) in [5.74, 6) is 0. The van der Waals surface area contributed by atoms with E-state index in [1.807, 2.05) is 0 Å². The molecule has 1 aromatic heterocycles. The first-order valence-corrected chi connectivity index (χ1v) is 6.24. The van der Waals surface area contributed by atoms with Gasteiger partial charge in [-0.1, -0.05) is 23.8 Å². The summed E-state index contributed by atoms with van der Waals surface area (Å²) in [6.07, 6.45) is -1.38. The van der Waals surface area contributed by atoms with E-state index < -0.39 is 11.7 Å². The number of aromatic nitrogens is 1. The van der Waals surface area contributed by atoms with E-state index in [0.29, 0.717) is 21.3 Å². The predicted molar refractivity (Wildman–Crippen MR) is 76.0 cm³/mol. The van der Waals surface area contributed by atoms with Gasteiger partial charge in [0.2, 0.25) is 0 Å². The number of halogens is 4. The maximum Gasteiger partial charge on any atom is 0.416 e. The number of anilines is 1. The molecule has 0 aliphatic heterocycles. The lowest BCUT2D eigenvalue weighted by Gasteiger charge is -2.11.